The molecule has 0 spiro atoms. The number of carbonyl (C=O) groups excluding carboxylic acids is 1. The predicted molar refractivity (Wildman–Crippen MR) is 72.0 cm³/mol. The van der Waals surface area contributed by atoms with Crippen molar-refractivity contribution in [2.24, 2.45) is 5.41 Å². The molecule has 1 amide bonds. The molecular formula is C14H22N2O. The Morgan fingerprint density at radius 2 is 1.94 bits per heavy atom. The number of nitrogen functional groups attached to an aromatic ring is 1. The molecule has 0 bridgehead atoms. The molecule has 0 radical (unpaired) electrons. The Bertz CT molecular complexity index is 419. The lowest BCUT2D eigenvalue weighted by molar-refractivity contribution is 0.0909. The average molecular weight is 234 g/mol. The number of anilines is 1. The number of aryl methyl sites for hydroxylation is 1. The summed E-state index contributed by atoms with van der Waals surface area (Å²) in [6.45, 7) is 10.2. The normalized spacial score (nSPS) is 13.2. The second kappa shape index (κ2) is 4.78. The highest BCUT2D eigenvalue weighted by Gasteiger charge is 2.22. The van der Waals surface area contributed by atoms with Gasteiger partial charge in [0.2, 0.25) is 0 Å². The van der Waals surface area contributed by atoms with E-state index in [-0.39, 0.29) is 17.4 Å². The Morgan fingerprint density at radius 1 is 1.35 bits per heavy atom. The van der Waals surface area contributed by atoms with Crippen LogP contribution < -0.4 is 11.1 Å². The lowest BCUT2D eigenvalue weighted by atomic mass is 9.88. The summed E-state index contributed by atoms with van der Waals surface area (Å²) in [6, 6.07) is 5.46. The van der Waals surface area contributed by atoms with E-state index in [2.05, 4.69) is 26.1 Å². The van der Waals surface area contributed by atoms with E-state index >= 15 is 0 Å². The summed E-state index contributed by atoms with van der Waals surface area (Å²) in [5.41, 5.74) is 8.00. The maximum absolute atomic E-state index is 12.1. The minimum Gasteiger partial charge on any atom is -0.399 e. The number of benzene rings is 1. The van der Waals surface area contributed by atoms with Crippen LogP contribution >= 0.6 is 0 Å². The highest BCUT2D eigenvalue weighted by atomic mass is 16.1. The van der Waals surface area contributed by atoms with Gasteiger partial charge in [0.1, 0.15) is 0 Å². The summed E-state index contributed by atoms with van der Waals surface area (Å²) in [7, 11) is 0. The zero-order chi connectivity index (χ0) is 13.2. The molecule has 0 aliphatic carbocycles. The first kappa shape index (κ1) is 13.6. The third kappa shape index (κ3) is 3.48. The fourth-order valence-corrected chi connectivity index (χ4v) is 1.43. The molecule has 1 unspecified atom stereocenters. The summed E-state index contributed by atoms with van der Waals surface area (Å²) >= 11 is 0. The Labute approximate surface area is 103 Å². The Kier molecular flexibility index (Phi) is 3.81. The molecule has 0 aliphatic heterocycles. The molecule has 3 nitrogen and oxygen atoms in total. The first-order valence-corrected chi connectivity index (χ1v) is 5.89. The number of hydrogen-bond donors (Lipinski definition) is 2. The number of rotatable bonds is 2. The first-order chi connectivity index (χ1) is 7.71. The van der Waals surface area contributed by atoms with Gasteiger partial charge in [-0.05, 0) is 43.0 Å². The highest BCUT2D eigenvalue weighted by Crippen LogP contribution is 2.19. The van der Waals surface area contributed by atoms with E-state index in [0.29, 0.717) is 11.3 Å². The molecular weight excluding hydrogens is 212 g/mol. The van der Waals surface area contributed by atoms with E-state index in [1.54, 1.807) is 12.1 Å². The van der Waals surface area contributed by atoms with E-state index in [1.807, 2.05) is 19.9 Å². The van der Waals surface area contributed by atoms with Gasteiger partial charge in [0, 0.05) is 17.3 Å². The summed E-state index contributed by atoms with van der Waals surface area (Å²) in [6.07, 6.45) is 0. The Morgan fingerprint density at radius 3 is 2.41 bits per heavy atom. The van der Waals surface area contributed by atoms with Gasteiger partial charge in [-0.3, -0.25) is 4.79 Å². The number of amides is 1. The molecule has 17 heavy (non-hydrogen) atoms. The molecule has 94 valence electrons. The zero-order valence-corrected chi connectivity index (χ0v) is 11.3. The zero-order valence-electron chi connectivity index (χ0n) is 11.3. The lowest BCUT2D eigenvalue weighted by Crippen LogP contribution is -2.41. The smallest absolute Gasteiger partial charge is 0.251 e. The van der Waals surface area contributed by atoms with Crippen molar-refractivity contribution in [1.29, 1.82) is 0 Å². The summed E-state index contributed by atoms with van der Waals surface area (Å²) < 4.78 is 0. The Balaban J connectivity index is 2.84. The molecule has 1 aromatic carbocycles. The minimum atomic E-state index is -0.0371. The summed E-state index contributed by atoms with van der Waals surface area (Å²) in [5, 5.41) is 3.02. The monoisotopic (exact) mass is 234 g/mol. The van der Waals surface area contributed by atoms with Crippen LogP contribution in [0.1, 0.15) is 43.6 Å². The van der Waals surface area contributed by atoms with Gasteiger partial charge < -0.3 is 11.1 Å². The van der Waals surface area contributed by atoms with Crippen molar-refractivity contribution in [2.75, 3.05) is 5.73 Å². The van der Waals surface area contributed by atoms with Crippen LogP contribution in [0, 0.1) is 12.3 Å². The number of carbonyl (C=O) groups is 1. The van der Waals surface area contributed by atoms with Gasteiger partial charge in [-0.1, -0.05) is 20.8 Å². The van der Waals surface area contributed by atoms with Crippen molar-refractivity contribution in [1.82, 2.24) is 5.32 Å². The van der Waals surface area contributed by atoms with Gasteiger partial charge in [-0.15, -0.1) is 0 Å². The van der Waals surface area contributed by atoms with Crippen molar-refractivity contribution < 1.29 is 4.79 Å². The molecule has 0 heterocycles. The van der Waals surface area contributed by atoms with Crippen molar-refractivity contribution >= 4 is 11.6 Å². The largest absolute Gasteiger partial charge is 0.399 e. The minimum absolute atomic E-state index is 0.0371. The van der Waals surface area contributed by atoms with Crippen LogP contribution in [0.5, 0.6) is 0 Å². The predicted octanol–water partition coefficient (Wildman–Crippen LogP) is 2.74. The van der Waals surface area contributed by atoms with E-state index in [9.17, 15) is 4.79 Å². The SMILES string of the molecule is Cc1cc(N)ccc1C(=O)NC(C)C(C)(C)C. The topological polar surface area (TPSA) is 55.1 Å². The second-order valence-corrected chi connectivity index (χ2v) is 5.64. The maximum Gasteiger partial charge on any atom is 0.251 e. The van der Waals surface area contributed by atoms with E-state index < -0.39 is 0 Å². The van der Waals surface area contributed by atoms with Crippen LogP contribution in [0.4, 0.5) is 5.69 Å². The maximum atomic E-state index is 12.1. The molecule has 0 fully saturated rings. The average Bonchev–Trinajstić information content (AvgIpc) is 2.15. The fourth-order valence-electron chi connectivity index (χ4n) is 1.43. The highest BCUT2D eigenvalue weighted by molar-refractivity contribution is 5.96. The van der Waals surface area contributed by atoms with Gasteiger partial charge in [-0.2, -0.15) is 0 Å². The van der Waals surface area contributed by atoms with E-state index in [1.165, 1.54) is 0 Å². The molecule has 3 heteroatoms. The standard InChI is InChI=1S/C14H22N2O/c1-9-8-11(15)6-7-12(9)13(17)16-10(2)14(3,4)5/h6-8,10H,15H2,1-5H3,(H,16,17). The second-order valence-electron chi connectivity index (χ2n) is 5.64. The quantitative estimate of drug-likeness (QED) is 0.773. The van der Waals surface area contributed by atoms with Crippen LogP contribution in [0.15, 0.2) is 18.2 Å². The van der Waals surface area contributed by atoms with Crippen molar-refractivity contribution in [2.45, 2.75) is 40.7 Å². The van der Waals surface area contributed by atoms with Crippen LogP contribution in [0.25, 0.3) is 0 Å². The molecule has 3 N–H and O–H groups in total. The first-order valence-electron chi connectivity index (χ1n) is 5.89. The molecule has 0 aromatic heterocycles. The van der Waals surface area contributed by atoms with Crippen LogP contribution in [0.2, 0.25) is 0 Å². The van der Waals surface area contributed by atoms with Gasteiger partial charge in [0.25, 0.3) is 5.91 Å². The molecule has 1 rings (SSSR count). The number of nitrogens with two attached hydrogens (primary N) is 1. The van der Waals surface area contributed by atoms with Crippen molar-refractivity contribution in [3.05, 3.63) is 29.3 Å². The fraction of sp³-hybridized carbons (Fsp3) is 0.500. The van der Waals surface area contributed by atoms with Gasteiger partial charge in [0.05, 0.1) is 0 Å². The van der Waals surface area contributed by atoms with Crippen molar-refractivity contribution in [3.8, 4) is 0 Å². The van der Waals surface area contributed by atoms with Crippen LogP contribution in [-0.4, -0.2) is 11.9 Å². The molecule has 1 atom stereocenters. The Hall–Kier alpha value is -1.51. The van der Waals surface area contributed by atoms with E-state index in [0.717, 1.165) is 5.56 Å². The summed E-state index contributed by atoms with van der Waals surface area (Å²) in [5.74, 6) is -0.0371. The number of hydrogen-bond acceptors (Lipinski definition) is 2. The molecule has 1 aromatic rings. The van der Waals surface area contributed by atoms with Crippen LogP contribution in [-0.2, 0) is 0 Å². The number of nitrogens with one attached hydrogen (secondary N) is 1. The third-order valence-corrected chi connectivity index (χ3v) is 3.14. The molecule has 0 aliphatic rings. The van der Waals surface area contributed by atoms with Gasteiger partial charge >= 0.3 is 0 Å². The van der Waals surface area contributed by atoms with Gasteiger partial charge in [-0.25, -0.2) is 0 Å². The third-order valence-electron chi connectivity index (χ3n) is 3.14. The van der Waals surface area contributed by atoms with Crippen LogP contribution in [0.3, 0.4) is 0 Å². The van der Waals surface area contributed by atoms with Gasteiger partial charge in [0.15, 0.2) is 0 Å². The van der Waals surface area contributed by atoms with E-state index in [4.69, 9.17) is 5.73 Å². The molecule has 0 saturated heterocycles. The summed E-state index contributed by atoms with van der Waals surface area (Å²) in [4.78, 5) is 12.1. The molecule has 0 saturated carbocycles. The van der Waals surface area contributed by atoms with Crippen molar-refractivity contribution in [3.63, 3.8) is 0 Å². The lowest BCUT2D eigenvalue weighted by Gasteiger charge is -2.28.